The minimum atomic E-state index is -2.50. The Morgan fingerprint density at radius 2 is 1.04 bits per heavy atom. The quantitative estimate of drug-likeness (QED) is 0.512. The first-order valence-electron chi connectivity index (χ1n) is 9.33. The van der Waals surface area contributed by atoms with Crippen LogP contribution in [0.25, 0.3) is 0 Å². The number of hydrogen-bond donors (Lipinski definition) is 0. The van der Waals surface area contributed by atoms with Crippen LogP contribution in [0.2, 0.25) is 0 Å². The summed E-state index contributed by atoms with van der Waals surface area (Å²) in [4.78, 5) is 0. The summed E-state index contributed by atoms with van der Waals surface area (Å²) in [5, 5.41) is 4.85. The first-order valence-corrected chi connectivity index (χ1v) is 11.7. The molecule has 2 heteroatoms. The van der Waals surface area contributed by atoms with Gasteiger partial charge in [-0.15, -0.1) is 0 Å². The second-order valence-corrected chi connectivity index (χ2v) is 12.0. The monoisotopic (exact) mass is 390 g/mol. The molecule has 0 radical (unpaired) electrons. The molecule has 0 spiro atoms. The van der Waals surface area contributed by atoms with Gasteiger partial charge in [0.15, 0.2) is 0 Å². The summed E-state index contributed by atoms with van der Waals surface area (Å²) in [6, 6.07) is 32.8. The molecule has 136 valence electrons. The number of benzene rings is 3. The van der Waals surface area contributed by atoms with Gasteiger partial charge < -0.3 is 0 Å². The van der Waals surface area contributed by atoms with Gasteiger partial charge in [0.2, 0.25) is 0 Å². The number of rotatable bonds is 4. The van der Waals surface area contributed by atoms with Gasteiger partial charge in [-0.25, -0.2) is 0 Å². The van der Waals surface area contributed by atoms with E-state index in [2.05, 4.69) is 117 Å². The molecule has 0 amide bonds. The van der Waals surface area contributed by atoms with Crippen molar-refractivity contribution in [3.63, 3.8) is 0 Å². The van der Waals surface area contributed by atoms with Crippen molar-refractivity contribution in [1.29, 1.82) is 0 Å². The molecule has 0 aliphatic heterocycles. The molecule has 0 bridgehead atoms. The van der Waals surface area contributed by atoms with Gasteiger partial charge in [-0.2, -0.15) is 0 Å². The normalized spacial score (nSPS) is 20.1. The number of halogens is 1. The fourth-order valence-corrected chi connectivity index (χ4v) is 10.9. The Balaban J connectivity index is 2.17. The van der Waals surface area contributed by atoms with E-state index in [-0.39, 0.29) is 5.16 Å². The molecule has 3 aromatic rings. The average molecular weight is 391 g/mol. The topological polar surface area (TPSA) is 0 Å². The third-order valence-electron chi connectivity index (χ3n) is 5.87. The van der Waals surface area contributed by atoms with Crippen LogP contribution in [-0.4, -0.2) is 5.16 Å². The van der Waals surface area contributed by atoms with Crippen LogP contribution < -0.4 is 15.9 Å². The van der Waals surface area contributed by atoms with E-state index in [1.54, 1.807) is 0 Å². The van der Waals surface area contributed by atoms with Gasteiger partial charge in [0.05, 0.1) is 0 Å². The first kappa shape index (κ1) is 18.2. The van der Waals surface area contributed by atoms with E-state index in [9.17, 15) is 0 Å². The average Bonchev–Trinajstić information content (AvgIpc) is 2.99. The van der Waals surface area contributed by atoms with Crippen molar-refractivity contribution in [3.8, 4) is 0 Å². The molecule has 0 nitrogen and oxygen atoms in total. The summed E-state index contributed by atoms with van der Waals surface area (Å²) in [5.74, 6) is 0. The van der Waals surface area contributed by atoms with Gasteiger partial charge >= 0.3 is 168 Å². The predicted octanol–water partition coefficient (Wildman–Crippen LogP) is 5.55. The summed E-state index contributed by atoms with van der Waals surface area (Å²) < 4.78 is 0. The summed E-state index contributed by atoms with van der Waals surface area (Å²) in [6.07, 6.45) is 4.53. The number of hydrogen-bond acceptors (Lipinski definition) is 0. The predicted molar refractivity (Wildman–Crippen MR) is 123 cm³/mol. The molecule has 1 unspecified atom stereocenters. The minimum absolute atomic E-state index is 0.247. The molecule has 0 aromatic heterocycles. The van der Waals surface area contributed by atoms with Gasteiger partial charge in [0.25, 0.3) is 0 Å². The fourth-order valence-electron chi connectivity index (χ4n) is 4.60. The Bertz CT molecular complexity index is 894. The molecule has 0 saturated heterocycles. The number of allylic oxidation sites excluding steroid dienone is 4. The van der Waals surface area contributed by atoms with E-state index < -0.39 is 7.26 Å². The Labute approximate surface area is 167 Å². The van der Waals surface area contributed by atoms with Crippen LogP contribution in [0.4, 0.5) is 0 Å². The molecule has 1 atom stereocenters. The van der Waals surface area contributed by atoms with Crippen LogP contribution in [-0.2, 0) is 0 Å². The van der Waals surface area contributed by atoms with Gasteiger partial charge in [-0.1, -0.05) is 0 Å². The fraction of sp³-hybridized carbons (Fsp3) is 0.120. The van der Waals surface area contributed by atoms with Crippen LogP contribution in [0.15, 0.2) is 114 Å². The van der Waals surface area contributed by atoms with Crippen molar-refractivity contribution in [3.05, 3.63) is 114 Å². The summed E-state index contributed by atoms with van der Waals surface area (Å²) in [6.45, 7) is 4.44. The zero-order valence-corrected chi connectivity index (χ0v) is 17.4. The molecule has 3 aromatic carbocycles. The Hall–Kier alpha value is -2.14. The second-order valence-electron chi connectivity index (χ2n) is 7.38. The van der Waals surface area contributed by atoms with Crippen LogP contribution in [0.3, 0.4) is 0 Å². The van der Waals surface area contributed by atoms with Crippen LogP contribution in [0, 0.1) is 0 Å². The molecule has 1 aliphatic rings. The third-order valence-corrected chi connectivity index (χ3v) is 12.3. The van der Waals surface area contributed by atoms with Crippen molar-refractivity contribution in [2.24, 2.45) is 0 Å². The molecule has 0 N–H and O–H groups in total. The van der Waals surface area contributed by atoms with Crippen molar-refractivity contribution < 1.29 is 0 Å². The first-order chi connectivity index (χ1) is 13.1. The van der Waals surface area contributed by atoms with Gasteiger partial charge in [0.1, 0.15) is 0 Å². The van der Waals surface area contributed by atoms with Crippen LogP contribution in [0.1, 0.15) is 13.8 Å². The van der Waals surface area contributed by atoms with Crippen molar-refractivity contribution in [2.45, 2.75) is 19.0 Å². The van der Waals surface area contributed by atoms with Crippen molar-refractivity contribution in [1.82, 2.24) is 0 Å². The molecule has 0 heterocycles. The molecule has 27 heavy (non-hydrogen) atoms. The SMILES string of the molecule is CC1=C(Cl)C(C)([PH](c2ccccc2)(c2ccccc2)c2ccccc2)C=C1. The Kier molecular flexibility index (Phi) is 4.81. The zero-order chi connectivity index (χ0) is 18.9. The molecule has 0 saturated carbocycles. The standard InChI is InChI=1S/C25H24ClP/c1-20-18-19-25(2,24(20)26)27(21-12-6-3-7-13-21,22-14-8-4-9-15-22)23-16-10-5-11-17-23/h3-19,27H,1-2H3. The Morgan fingerprint density at radius 3 is 1.33 bits per heavy atom. The van der Waals surface area contributed by atoms with Crippen molar-refractivity contribution >= 4 is 34.8 Å². The van der Waals surface area contributed by atoms with E-state index >= 15 is 0 Å². The van der Waals surface area contributed by atoms with E-state index in [0.717, 1.165) is 5.03 Å². The van der Waals surface area contributed by atoms with E-state index in [1.165, 1.54) is 21.5 Å². The summed E-state index contributed by atoms with van der Waals surface area (Å²) in [5.41, 5.74) is 1.17. The summed E-state index contributed by atoms with van der Waals surface area (Å²) >= 11 is 7.06. The van der Waals surface area contributed by atoms with Gasteiger partial charge in [-0.05, 0) is 0 Å². The van der Waals surface area contributed by atoms with E-state index in [0.29, 0.717) is 0 Å². The van der Waals surface area contributed by atoms with E-state index in [1.807, 2.05) is 0 Å². The molecule has 0 fully saturated rings. The van der Waals surface area contributed by atoms with Gasteiger partial charge in [-0.3, -0.25) is 0 Å². The van der Waals surface area contributed by atoms with Crippen LogP contribution >= 0.6 is 18.9 Å². The molecular weight excluding hydrogens is 367 g/mol. The molecule has 1 aliphatic carbocycles. The molecule has 4 rings (SSSR count). The summed E-state index contributed by atoms with van der Waals surface area (Å²) in [7, 11) is -2.50. The Morgan fingerprint density at radius 1 is 0.667 bits per heavy atom. The van der Waals surface area contributed by atoms with Crippen LogP contribution in [0.5, 0.6) is 0 Å². The third kappa shape index (κ3) is 2.71. The van der Waals surface area contributed by atoms with E-state index in [4.69, 9.17) is 11.6 Å². The van der Waals surface area contributed by atoms with Crippen molar-refractivity contribution in [2.75, 3.05) is 0 Å². The second kappa shape index (κ2) is 7.12. The maximum atomic E-state index is 7.06. The maximum absolute atomic E-state index is 7.06. The molecular formula is C25H24ClP. The zero-order valence-electron chi connectivity index (χ0n) is 15.7. The van der Waals surface area contributed by atoms with Gasteiger partial charge in [0, 0.05) is 0 Å².